The Balaban J connectivity index is 1.63. The molecule has 0 spiro atoms. The van der Waals surface area contributed by atoms with Crippen LogP contribution in [0.1, 0.15) is 15.6 Å². The van der Waals surface area contributed by atoms with Gasteiger partial charge in [0.25, 0.3) is 0 Å². The highest BCUT2D eigenvalue weighted by Gasteiger charge is 2.14. The molecule has 0 radical (unpaired) electrons. The van der Waals surface area contributed by atoms with Crippen LogP contribution in [-0.2, 0) is 23.0 Å². The molecule has 1 aromatic heterocycles. The van der Waals surface area contributed by atoms with Crippen LogP contribution in [0.4, 0.5) is 0 Å². The van der Waals surface area contributed by atoms with Gasteiger partial charge in [-0.15, -0.1) is 10.2 Å². The van der Waals surface area contributed by atoms with Crippen molar-refractivity contribution >= 4 is 21.4 Å². The van der Waals surface area contributed by atoms with Gasteiger partial charge < -0.3 is 0 Å². The number of aromatic nitrogens is 2. The number of hydrogen-bond acceptors (Lipinski definition) is 5. The third-order valence-electron chi connectivity index (χ3n) is 3.17. The molecule has 2 aromatic carbocycles. The lowest BCUT2D eigenvalue weighted by Gasteiger charge is -2.04. The van der Waals surface area contributed by atoms with E-state index in [2.05, 4.69) is 14.9 Å². The summed E-state index contributed by atoms with van der Waals surface area (Å²) in [5, 5.41) is 9.68. The SMILES string of the molecule is O=S(=O)(NCc1nnc(Cc2ccccc2)s1)c1ccccc1. The highest BCUT2D eigenvalue weighted by atomic mass is 32.2. The Hall–Kier alpha value is -2.09. The lowest BCUT2D eigenvalue weighted by atomic mass is 10.2. The molecule has 5 nitrogen and oxygen atoms in total. The second-order valence-electron chi connectivity index (χ2n) is 4.89. The Labute approximate surface area is 139 Å². The first kappa shape index (κ1) is 15.8. The summed E-state index contributed by atoms with van der Waals surface area (Å²) in [7, 11) is -3.52. The molecule has 0 atom stereocenters. The Morgan fingerprint density at radius 3 is 2.17 bits per heavy atom. The second-order valence-corrected chi connectivity index (χ2v) is 7.80. The molecule has 3 aromatic rings. The highest BCUT2D eigenvalue weighted by molar-refractivity contribution is 7.89. The zero-order valence-corrected chi connectivity index (χ0v) is 13.8. The summed E-state index contributed by atoms with van der Waals surface area (Å²) in [4.78, 5) is 0.244. The Morgan fingerprint density at radius 2 is 1.48 bits per heavy atom. The van der Waals surface area contributed by atoms with Crippen molar-refractivity contribution in [1.82, 2.24) is 14.9 Å². The first-order chi connectivity index (χ1) is 11.1. The minimum absolute atomic E-state index is 0.143. The monoisotopic (exact) mass is 345 g/mol. The van der Waals surface area contributed by atoms with E-state index in [1.165, 1.54) is 11.3 Å². The van der Waals surface area contributed by atoms with E-state index >= 15 is 0 Å². The molecule has 0 saturated heterocycles. The van der Waals surface area contributed by atoms with Crippen molar-refractivity contribution < 1.29 is 8.42 Å². The van der Waals surface area contributed by atoms with Crippen LogP contribution in [0.5, 0.6) is 0 Å². The van der Waals surface area contributed by atoms with Gasteiger partial charge in [0.1, 0.15) is 10.0 Å². The van der Waals surface area contributed by atoms with Crippen LogP contribution in [0.15, 0.2) is 65.6 Å². The molecule has 0 amide bonds. The van der Waals surface area contributed by atoms with Gasteiger partial charge in [-0.2, -0.15) is 0 Å². The maximum absolute atomic E-state index is 12.1. The normalized spacial score (nSPS) is 11.5. The van der Waals surface area contributed by atoms with Gasteiger partial charge >= 0.3 is 0 Å². The summed E-state index contributed by atoms with van der Waals surface area (Å²) >= 11 is 1.41. The Morgan fingerprint density at radius 1 is 0.870 bits per heavy atom. The van der Waals surface area contributed by atoms with Gasteiger partial charge in [0.2, 0.25) is 10.0 Å². The fourth-order valence-corrected chi connectivity index (χ4v) is 3.96. The molecular weight excluding hydrogens is 330 g/mol. The van der Waals surface area contributed by atoms with Gasteiger partial charge in [-0.3, -0.25) is 0 Å². The van der Waals surface area contributed by atoms with Crippen LogP contribution >= 0.6 is 11.3 Å². The smallest absolute Gasteiger partial charge is 0.207 e. The first-order valence-electron chi connectivity index (χ1n) is 7.03. The number of benzene rings is 2. The molecule has 0 aliphatic heterocycles. The predicted molar refractivity (Wildman–Crippen MR) is 89.6 cm³/mol. The maximum atomic E-state index is 12.1. The largest absolute Gasteiger partial charge is 0.240 e. The fraction of sp³-hybridized carbons (Fsp3) is 0.125. The van der Waals surface area contributed by atoms with Gasteiger partial charge in [0, 0.05) is 6.42 Å². The predicted octanol–water partition coefficient (Wildman–Crippen LogP) is 2.61. The quantitative estimate of drug-likeness (QED) is 0.745. The summed E-state index contributed by atoms with van der Waals surface area (Å²) in [5.41, 5.74) is 1.15. The van der Waals surface area contributed by atoms with Gasteiger partial charge in [-0.1, -0.05) is 59.9 Å². The average molecular weight is 345 g/mol. The number of sulfonamides is 1. The van der Waals surface area contributed by atoms with E-state index in [0.717, 1.165) is 10.6 Å². The summed E-state index contributed by atoms with van der Waals surface area (Å²) in [6, 6.07) is 18.3. The zero-order chi connectivity index (χ0) is 16.1. The molecule has 7 heteroatoms. The lowest BCUT2D eigenvalue weighted by molar-refractivity contribution is 0.581. The third kappa shape index (κ3) is 4.22. The number of hydrogen-bond donors (Lipinski definition) is 1. The molecule has 0 unspecified atom stereocenters. The van der Waals surface area contributed by atoms with Crippen molar-refractivity contribution in [2.45, 2.75) is 17.9 Å². The van der Waals surface area contributed by atoms with E-state index in [9.17, 15) is 8.42 Å². The average Bonchev–Trinajstić information content (AvgIpc) is 3.02. The summed E-state index contributed by atoms with van der Waals surface area (Å²) in [5.74, 6) is 0. The van der Waals surface area contributed by atoms with Crippen LogP contribution < -0.4 is 4.72 Å². The standard InChI is InChI=1S/C16H15N3O2S2/c20-23(21,14-9-5-2-6-10-14)17-12-16-19-18-15(22-16)11-13-7-3-1-4-8-13/h1-10,17H,11-12H2. The maximum Gasteiger partial charge on any atom is 0.240 e. The number of nitrogens with one attached hydrogen (secondary N) is 1. The highest BCUT2D eigenvalue weighted by Crippen LogP contribution is 2.15. The third-order valence-corrected chi connectivity index (χ3v) is 5.51. The Bertz CT molecular complexity index is 863. The molecule has 1 N–H and O–H groups in total. The molecule has 0 bridgehead atoms. The topological polar surface area (TPSA) is 72.0 Å². The fourth-order valence-electron chi connectivity index (χ4n) is 2.04. The molecular formula is C16H15N3O2S2. The van der Waals surface area contributed by atoms with Crippen molar-refractivity contribution in [3.05, 3.63) is 76.2 Å². The molecule has 0 saturated carbocycles. The van der Waals surface area contributed by atoms with E-state index in [-0.39, 0.29) is 11.4 Å². The van der Waals surface area contributed by atoms with Crippen LogP contribution in [0.25, 0.3) is 0 Å². The van der Waals surface area contributed by atoms with Crippen molar-refractivity contribution in [3.63, 3.8) is 0 Å². The van der Waals surface area contributed by atoms with E-state index in [1.807, 2.05) is 30.3 Å². The van der Waals surface area contributed by atoms with Crippen molar-refractivity contribution in [2.75, 3.05) is 0 Å². The first-order valence-corrected chi connectivity index (χ1v) is 9.33. The van der Waals surface area contributed by atoms with Crippen LogP contribution in [0.2, 0.25) is 0 Å². The molecule has 1 heterocycles. The molecule has 0 fully saturated rings. The van der Waals surface area contributed by atoms with E-state index in [1.54, 1.807) is 30.3 Å². The second kappa shape index (κ2) is 6.99. The number of nitrogens with zero attached hydrogens (tertiary/aromatic N) is 2. The van der Waals surface area contributed by atoms with Crippen LogP contribution in [0.3, 0.4) is 0 Å². The Kier molecular flexibility index (Phi) is 4.80. The number of rotatable bonds is 6. The van der Waals surface area contributed by atoms with Gasteiger partial charge in [0.05, 0.1) is 11.4 Å². The minimum atomic E-state index is -3.52. The summed E-state index contributed by atoms with van der Waals surface area (Å²) in [6.07, 6.45) is 0.698. The molecule has 23 heavy (non-hydrogen) atoms. The molecule has 0 aliphatic carbocycles. The van der Waals surface area contributed by atoms with Crippen LogP contribution in [0, 0.1) is 0 Å². The van der Waals surface area contributed by atoms with Crippen LogP contribution in [-0.4, -0.2) is 18.6 Å². The van der Waals surface area contributed by atoms with Gasteiger partial charge in [-0.25, -0.2) is 13.1 Å². The van der Waals surface area contributed by atoms with E-state index in [4.69, 9.17) is 0 Å². The van der Waals surface area contributed by atoms with Gasteiger partial charge in [-0.05, 0) is 17.7 Å². The lowest BCUT2D eigenvalue weighted by Crippen LogP contribution is -2.23. The molecule has 3 rings (SSSR count). The van der Waals surface area contributed by atoms with Crippen molar-refractivity contribution in [1.29, 1.82) is 0 Å². The zero-order valence-electron chi connectivity index (χ0n) is 12.2. The van der Waals surface area contributed by atoms with Gasteiger partial charge in [0.15, 0.2) is 0 Å². The van der Waals surface area contributed by atoms with Crippen molar-refractivity contribution in [2.24, 2.45) is 0 Å². The van der Waals surface area contributed by atoms with Crippen molar-refractivity contribution in [3.8, 4) is 0 Å². The minimum Gasteiger partial charge on any atom is -0.207 e. The molecule has 118 valence electrons. The molecule has 0 aliphatic rings. The van der Waals surface area contributed by atoms with E-state index in [0.29, 0.717) is 11.4 Å². The van der Waals surface area contributed by atoms with E-state index < -0.39 is 10.0 Å². The summed E-state index contributed by atoms with van der Waals surface area (Å²) in [6.45, 7) is 0.143. The summed E-state index contributed by atoms with van der Waals surface area (Å²) < 4.78 is 26.8.